The van der Waals surface area contributed by atoms with Gasteiger partial charge in [-0.3, -0.25) is 4.79 Å². The number of rotatable bonds is 5. The summed E-state index contributed by atoms with van der Waals surface area (Å²) in [5, 5.41) is 12.5. The van der Waals surface area contributed by atoms with Gasteiger partial charge in [0, 0.05) is 11.8 Å². The van der Waals surface area contributed by atoms with Gasteiger partial charge in [0.1, 0.15) is 0 Å². The van der Waals surface area contributed by atoms with Crippen LogP contribution in [0.2, 0.25) is 0 Å². The minimum atomic E-state index is -3.17. The molecule has 0 radical (unpaired) electrons. The Balaban J connectivity index is 1.82. The fourth-order valence-corrected chi connectivity index (χ4v) is 3.25. The van der Waals surface area contributed by atoms with Gasteiger partial charge in [-0.15, -0.1) is 0 Å². The first kappa shape index (κ1) is 15.2. The Morgan fingerprint density at radius 3 is 2.43 bits per heavy atom. The Hall–Kier alpha value is -2.15. The first-order valence-corrected chi connectivity index (χ1v) is 8.10. The SMILES string of the molecule is O=C(CCc1ccc(C(=O)O)cc1)NC1C=CS(=O)(=O)C1. The maximum Gasteiger partial charge on any atom is 0.335 e. The highest BCUT2D eigenvalue weighted by atomic mass is 32.2. The molecule has 21 heavy (non-hydrogen) atoms. The molecular weight excluding hydrogens is 294 g/mol. The largest absolute Gasteiger partial charge is 0.478 e. The zero-order valence-corrected chi connectivity index (χ0v) is 12.0. The second-order valence-electron chi connectivity index (χ2n) is 4.83. The van der Waals surface area contributed by atoms with Crippen LogP contribution in [0.4, 0.5) is 0 Å². The second-order valence-corrected chi connectivity index (χ2v) is 6.77. The molecule has 1 atom stereocenters. The molecule has 1 aliphatic heterocycles. The molecule has 0 fully saturated rings. The molecule has 6 nitrogen and oxygen atoms in total. The number of sulfone groups is 1. The average molecular weight is 309 g/mol. The van der Waals surface area contributed by atoms with Gasteiger partial charge in [-0.05, 0) is 30.2 Å². The third kappa shape index (κ3) is 4.42. The van der Waals surface area contributed by atoms with Gasteiger partial charge in [0.2, 0.25) is 5.91 Å². The van der Waals surface area contributed by atoms with Crippen LogP contribution in [0.25, 0.3) is 0 Å². The van der Waals surface area contributed by atoms with Crippen LogP contribution in [-0.2, 0) is 21.1 Å². The summed E-state index contributed by atoms with van der Waals surface area (Å²) in [5.74, 6) is -1.32. The number of nitrogens with one attached hydrogen (secondary N) is 1. The summed E-state index contributed by atoms with van der Waals surface area (Å²) in [4.78, 5) is 22.4. The van der Waals surface area contributed by atoms with Crippen molar-refractivity contribution in [2.75, 3.05) is 5.75 Å². The zero-order valence-electron chi connectivity index (χ0n) is 11.2. The van der Waals surface area contributed by atoms with E-state index in [9.17, 15) is 18.0 Å². The van der Waals surface area contributed by atoms with Gasteiger partial charge in [0.05, 0.1) is 17.4 Å². The summed E-state index contributed by atoms with van der Waals surface area (Å²) in [6, 6.07) is 5.84. The second kappa shape index (κ2) is 6.09. The van der Waals surface area contributed by atoms with Crippen molar-refractivity contribution in [3.05, 3.63) is 46.9 Å². The molecular formula is C14H15NO5S. The molecule has 0 aliphatic carbocycles. The monoisotopic (exact) mass is 309 g/mol. The lowest BCUT2D eigenvalue weighted by molar-refractivity contribution is -0.121. The summed E-state index contributed by atoms with van der Waals surface area (Å²) >= 11 is 0. The standard InChI is InChI=1S/C14H15NO5S/c16-13(15-12-7-8-21(19,20)9-12)6-3-10-1-4-11(5-2-10)14(17)18/h1-2,4-5,7-8,12H,3,6,9H2,(H,15,16)(H,17,18). The van der Waals surface area contributed by atoms with E-state index >= 15 is 0 Å². The Morgan fingerprint density at radius 2 is 1.90 bits per heavy atom. The predicted molar refractivity (Wildman–Crippen MR) is 76.6 cm³/mol. The number of carboxylic acid groups (broad SMARTS) is 1. The number of aromatic carboxylic acids is 1. The summed E-state index contributed by atoms with van der Waals surface area (Å²) in [7, 11) is -3.17. The van der Waals surface area contributed by atoms with E-state index in [0.29, 0.717) is 6.42 Å². The van der Waals surface area contributed by atoms with Crippen LogP contribution in [0.1, 0.15) is 22.3 Å². The van der Waals surface area contributed by atoms with Crippen molar-refractivity contribution in [3.8, 4) is 0 Å². The molecule has 1 aromatic rings. The Morgan fingerprint density at radius 1 is 1.24 bits per heavy atom. The van der Waals surface area contributed by atoms with Crippen molar-refractivity contribution in [3.63, 3.8) is 0 Å². The maximum absolute atomic E-state index is 11.7. The van der Waals surface area contributed by atoms with Crippen molar-refractivity contribution < 1.29 is 23.1 Å². The smallest absolute Gasteiger partial charge is 0.335 e. The van der Waals surface area contributed by atoms with Crippen molar-refractivity contribution in [2.24, 2.45) is 0 Å². The topological polar surface area (TPSA) is 101 Å². The van der Waals surface area contributed by atoms with E-state index in [-0.39, 0.29) is 23.6 Å². The number of carbonyl (C=O) groups is 2. The molecule has 7 heteroatoms. The number of hydrogen-bond donors (Lipinski definition) is 2. The summed E-state index contributed by atoms with van der Waals surface area (Å²) in [5.41, 5.74) is 1.05. The molecule has 1 unspecified atom stereocenters. The lowest BCUT2D eigenvalue weighted by Crippen LogP contribution is -2.35. The molecule has 2 N–H and O–H groups in total. The summed E-state index contributed by atoms with van der Waals surface area (Å²) in [6.45, 7) is 0. The molecule has 0 saturated carbocycles. The Labute approximate surface area is 122 Å². The molecule has 0 aromatic heterocycles. The molecule has 0 spiro atoms. The number of hydrogen-bond acceptors (Lipinski definition) is 4. The van der Waals surface area contributed by atoms with Crippen molar-refractivity contribution in [1.82, 2.24) is 5.32 Å². The number of amides is 1. The highest BCUT2D eigenvalue weighted by Crippen LogP contribution is 2.09. The highest BCUT2D eigenvalue weighted by molar-refractivity contribution is 7.94. The highest BCUT2D eigenvalue weighted by Gasteiger charge is 2.22. The normalized spacial score (nSPS) is 19.3. The van der Waals surface area contributed by atoms with E-state index in [4.69, 9.17) is 5.11 Å². The van der Waals surface area contributed by atoms with Crippen molar-refractivity contribution in [1.29, 1.82) is 0 Å². The molecule has 2 rings (SSSR count). The van der Waals surface area contributed by atoms with Gasteiger partial charge < -0.3 is 10.4 Å². The number of carboxylic acids is 1. The van der Waals surface area contributed by atoms with Crippen LogP contribution < -0.4 is 5.32 Å². The molecule has 1 heterocycles. The van der Waals surface area contributed by atoms with E-state index in [2.05, 4.69) is 5.32 Å². The van der Waals surface area contributed by atoms with E-state index < -0.39 is 21.8 Å². The van der Waals surface area contributed by atoms with Gasteiger partial charge in [-0.1, -0.05) is 12.1 Å². The fraction of sp³-hybridized carbons (Fsp3) is 0.286. The number of benzene rings is 1. The van der Waals surface area contributed by atoms with E-state index in [1.54, 1.807) is 12.1 Å². The third-order valence-corrected chi connectivity index (χ3v) is 4.51. The van der Waals surface area contributed by atoms with Gasteiger partial charge in [0.15, 0.2) is 9.84 Å². The van der Waals surface area contributed by atoms with Crippen LogP contribution >= 0.6 is 0 Å². The van der Waals surface area contributed by atoms with Gasteiger partial charge >= 0.3 is 5.97 Å². The number of aryl methyl sites for hydroxylation is 1. The third-order valence-electron chi connectivity index (χ3n) is 3.12. The fourth-order valence-electron chi connectivity index (χ4n) is 2.02. The van der Waals surface area contributed by atoms with Crippen LogP contribution in [-0.4, -0.2) is 37.2 Å². The summed E-state index contributed by atoms with van der Waals surface area (Å²) < 4.78 is 22.4. The molecule has 0 bridgehead atoms. The Bertz CT molecular complexity index is 676. The Kier molecular flexibility index (Phi) is 4.42. The van der Waals surface area contributed by atoms with Crippen LogP contribution in [0.3, 0.4) is 0 Å². The average Bonchev–Trinajstić information content (AvgIpc) is 2.76. The molecule has 1 aliphatic rings. The van der Waals surface area contributed by atoms with Crippen LogP contribution in [0.5, 0.6) is 0 Å². The number of carbonyl (C=O) groups excluding carboxylic acids is 1. The molecule has 1 amide bonds. The van der Waals surface area contributed by atoms with Crippen LogP contribution in [0.15, 0.2) is 35.7 Å². The maximum atomic E-state index is 11.7. The lowest BCUT2D eigenvalue weighted by Gasteiger charge is -2.09. The predicted octanol–water partition coefficient (Wildman–Crippen LogP) is 0.744. The van der Waals surface area contributed by atoms with Gasteiger partial charge in [0.25, 0.3) is 0 Å². The van der Waals surface area contributed by atoms with E-state index in [0.717, 1.165) is 11.0 Å². The minimum absolute atomic E-state index is 0.0912. The van der Waals surface area contributed by atoms with Crippen LogP contribution in [0, 0.1) is 0 Å². The quantitative estimate of drug-likeness (QED) is 0.835. The first-order chi connectivity index (χ1) is 9.85. The van der Waals surface area contributed by atoms with Gasteiger partial charge in [-0.25, -0.2) is 13.2 Å². The van der Waals surface area contributed by atoms with Gasteiger partial charge in [-0.2, -0.15) is 0 Å². The minimum Gasteiger partial charge on any atom is -0.478 e. The summed E-state index contributed by atoms with van der Waals surface area (Å²) in [6.07, 6.45) is 2.15. The molecule has 112 valence electrons. The first-order valence-electron chi connectivity index (χ1n) is 6.38. The molecule has 1 aromatic carbocycles. The lowest BCUT2D eigenvalue weighted by atomic mass is 10.1. The van der Waals surface area contributed by atoms with Crippen molar-refractivity contribution >= 4 is 21.7 Å². The van der Waals surface area contributed by atoms with E-state index in [1.807, 2.05) is 0 Å². The molecule has 0 saturated heterocycles. The zero-order chi connectivity index (χ0) is 15.5. The van der Waals surface area contributed by atoms with E-state index in [1.165, 1.54) is 18.2 Å². The van der Waals surface area contributed by atoms with Crippen molar-refractivity contribution in [2.45, 2.75) is 18.9 Å².